The molecule has 0 bridgehead atoms. The average molecular weight is 361 g/mol. The monoisotopic (exact) mass is 361 g/mol. The van der Waals surface area contributed by atoms with Crippen LogP contribution in [0.15, 0.2) is 66.7 Å². The van der Waals surface area contributed by atoms with Crippen LogP contribution >= 0.6 is 0 Å². The van der Waals surface area contributed by atoms with Gasteiger partial charge in [0.1, 0.15) is 0 Å². The summed E-state index contributed by atoms with van der Waals surface area (Å²) in [4.78, 5) is 25.1. The van der Waals surface area contributed by atoms with Gasteiger partial charge in [0.15, 0.2) is 0 Å². The van der Waals surface area contributed by atoms with Gasteiger partial charge in [-0.15, -0.1) is 0 Å². The highest BCUT2D eigenvalue weighted by Crippen LogP contribution is 2.30. The summed E-state index contributed by atoms with van der Waals surface area (Å²) >= 11 is 0. The molecule has 1 saturated carbocycles. The molecule has 0 heterocycles. The van der Waals surface area contributed by atoms with Crippen LogP contribution in [0.4, 0.5) is 16.2 Å². The van der Waals surface area contributed by atoms with Gasteiger partial charge in [-0.25, -0.2) is 4.79 Å². The Morgan fingerprint density at radius 2 is 1.74 bits per heavy atom. The van der Waals surface area contributed by atoms with E-state index in [4.69, 9.17) is 0 Å². The molecule has 0 radical (unpaired) electrons. The molecule has 4 rings (SSSR count). The fourth-order valence-corrected chi connectivity index (χ4v) is 3.19. The van der Waals surface area contributed by atoms with Gasteiger partial charge in [0.25, 0.3) is 5.69 Å². The van der Waals surface area contributed by atoms with Crippen LogP contribution in [0, 0.1) is 10.1 Å². The predicted octanol–water partition coefficient (Wildman–Crippen LogP) is 4.94. The van der Waals surface area contributed by atoms with Crippen LogP contribution in [0.1, 0.15) is 18.4 Å². The third-order valence-electron chi connectivity index (χ3n) is 4.78. The van der Waals surface area contributed by atoms with Gasteiger partial charge in [-0.05, 0) is 29.9 Å². The second kappa shape index (κ2) is 7.07. The molecule has 2 amide bonds. The zero-order valence-corrected chi connectivity index (χ0v) is 14.7. The van der Waals surface area contributed by atoms with E-state index in [1.54, 1.807) is 12.1 Å². The summed E-state index contributed by atoms with van der Waals surface area (Å²) in [6.07, 6.45) is 1.96. The molecular weight excluding hydrogens is 342 g/mol. The Morgan fingerprint density at radius 3 is 2.44 bits per heavy atom. The quantitative estimate of drug-likeness (QED) is 0.516. The van der Waals surface area contributed by atoms with E-state index in [1.807, 2.05) is 47.4 Å². The highest BCUT2D eigenvalue weighted by atomic mass is 16.6. The van der Waals surface area contributed by atoms with Gasteiger partial charge in [-0.2, -0.15) is 0 Å². The Morgan fingerprint density at radius 1 is 1.04 bits per heavy atom. The number of urea groups is 1. The summed E-state index contributed by atoms with van der Waals surface area (Å²) in [5, 5.41) is 15.9. The van der Waals surface area contributed by atoms with Crippen molar-refractivity contribution >= 4 is 28.2 Å². The fraction of sp³-hybridized carbons (Fsp3) is 0.190. The van der Waals surface area contributed by atoms with Crippen LogP contribution < -0.4 is 5.32 Å². The minimum atomic E-state index is -0.421. The first-order valence-corrected chi connectivity index (χ1v) is 8.90. The van der Waals surface area contributed by atoms with Crippen LogP contribution in [0.25, 0.3) is 10.8 Å². The zero-order chi connectivity index (χ0) is 18.8. The Labute approximate surface area is 156 Å². The second-order valence-corrected chi connectivity index (χ2v) is 6.74. The molecule has 0 unspecified atom stereocenters. The van der Waals surface area contributed by atoms with Crippen molar-refractivity contribution in [3.05, 3.63) is 82.4 Å². The van der Waals surface area contributed by atoms with Crippen molar-refractivity contribution in [2.45, 2.75) is 25.4 Å². The van der Waals surface area contributed by atoms with E-state index in [1.165, 1.54) is 12.1 Å². The largest absolute Gasteiger partial charge is 0.322 e. The topological polar surface area (TPSA) is 75.5 Å². The number of nitrogens with zero attached hydrogens (tertiary/aromatic N) is 2. The van der Waals surface area contributed by atoms with Crippen molar-refractivity contribution in [1.82, 2.24) is 4.90 Å². The third-order valence-corrected chi connectivity index (χ3v) is 4.78. The number of nitro benzene ring substituents is 1. The third kappa shape index (κ3) is 3.74. The molecule has 0 spiro atoms. The molecule has 6 nitrogen and oxygen atoms in total. The lowest BCUT2D eigenvalue weighted by molar-refractivity contribution is -0.384. The van der Waals surface area contributed by atoms with Crippen molar-refractivity contribution in [2.24, 2.45) is 0 Å². The number of non-ortho nitro benzene ring substituents is 1. The molecule has 0 aliphatic heterocycles. The minimum Gasteiger partial charge on any atom is -0.317 e. The lowest BCUT2D eigenvalue weighted by Crippen LogP contribution is -2.36. The fourth-order valence-electron chi connectivity index (χ4n) is 3.19. The standard InChI is InChI=1S/C21H19N3O3/c25-21(22-20-7-3-5-16-4-1-2-6-19(16)20)23(17-12-13-17)14-15-8-10-18(11-9-15)24(26)27/h1-11,17H,12-14H2,(H,22,25). The number of anilines is 1. The Bertz CT molecular complexity index is 992. The van der Waals surface area contributed by atoms with Crippen LogP contribution in [-0.4, -0.2) is 21.9 Å². The number of benzene rings is 3. The van der Waals surface area contributed by atoms with E-state index in [0.717, 1.165) is 34.9 Å². The SMILES string of the molecule is O=C(Nc1cccc2ccccc12)N(Cc1ccc([N+](=O)[O-])cc1)C1CC1. The Hall–Kier alpha value is -3.41. The number of fused-ring (bicyclic) bond motifs is 1. The second-order valence-electron chi connectivity index (χ2n) is 6.74. The number of hydrogen-bond donors (Lipinski definition) is 1. The molecule has 136 valence electrons. The summed E-state index contributed by atoms with van der Waals surface area (Å²) in [5.74, 6) is 0. The van der Waals surface area contributed by atoms with Crippen LogP contribution in [-0.2, 0) is 6.54 Å². The van der Waals surface area contributed by atoms with Crippen molar-refractivity contribution in [2.75, 3.05) is 5.32 Å². The molecule has 0 aromatic heterocycles. The summed E-state index contributed by atoms with van der Waals surface area (Å²) in [7, 11) is 0. The number of amides is 2. The number of carbonyl (C=O) groups is 1. The zero-order valence-electron chi connectivity index (χ0n) is 14.7. The van der Waals surface area contributed by atoms with Gasteiger partial charge in [0.05, 0.1) is 10.6 Å². The maximum atomic E-state index is 12.9. The van der Waals surface area contributed by atoms with E-state index in [-0.39, 0.29) is 17.8 Å². The van der Waals surface area contributed by atoms with E-state index in [0.29, 0.717) is 6.54 Å². The Balaban J connectivity index is 1.53. The maximum absolute atomic E-state index is 12.9. The molecule has 3 aromatic rings. The maximum Gasteiger partial charge on any atom is 0.322 e. The van der Waals surface area contributed by atoms with Crippen LogP contribution in [0.2, 0.25) is 0 Å². The van der Waals surface area contributed by atoms with Crippen LogP contribution in [0.5, 0.6) is 0 Å². The van der Waals surface area contributed by atoms with E-state index in [9.17, 15) is 14.9 Å². The molecule has 1 aliphatic carbocycles. The van der Waals surface area contributed by atoms with Crippen molar-refractivity contribution in [3.8, 4) is 0 Å². The lowest BCUT2D eigenvalue weighted by Gasteiger charge is -2.23. The highest BCUT2D eigenvalue weighted by molar-refractivity contribution is 6.01. The lowest BCUT2D eigenvalue weighted by atomic mass is 10.1. The summed E-state index contributed by atoms with van der Waals surface area (Å²) in [6.45, 7) is 0.430. The van der Waals surface area contributed by atoms with Gasteiger partial charge in [-0.1, -0.05) is 48.5 Å². The van der Waals surface area contributed by atoms with Gasteiger partial charge < -0.3 is 10.2 Å². The molecule has 27 heavy (non-hydrogen) atoms. The molecule has 3 aromatic carbocycles. The first-order chi connectivity index (χ1) is 13.1. The number of rotatable bonds is 5. The van der Waals surface area contributed by atoms with Gasteiger partial charge in [-0.3, -0.25) is 10.1 Å². The summed E-state index contributed by atoms with van der Waals surface area (Å²) < 4.78 is 0. The average Bonchev–Trinajstić information content (AvgIpc) is 3.52. The van der Waals surface area contributed by atoms with Crippen LogP contribution in [0.3, 0.4) is 0 Å². The number of carbonyl (C=O) groups excluding carboxylic acids is 1. The van der Waals surface area contributed by atoms with E-state index < -0.39 is 4.92 Å². The molecule has 0 saturated heterocycles. The smallest absolute Gasteiger partial charge is 0.317 e. The predicted molar refractivity (Wildman–Crippen MR) is 105 cm³/mol. The van der Waals surface area contributed by atoms with Gasteiger partial charge in [0, 0.05) is 30.1 Å². The molecular formula is C21H19N3O3. The number of nitro groups is 1. The molecule has 1 aliphatic rings. The summed E-state index contributed by atoms with van der Waals surface area (Å²) in [6, 6.07) is 20.2. The normalized spacial score (nSPS) is 13.3. The molecule has 6 heteroatoms. The van der Waals surface area contributed by atoms with E-state index >= 15 is 0 Å². The highest BCUT2D eigenvalue weighted by Gasteiger charge is 2.32. The first kappa shape index (κ1) is 17.0. The molecule has 1 fully saturated rings. The van der Waals surface area contributed by atoms with Crippen molar-refractivity contribution in [1.29, 1.82) is 0 Å². The molecule has 0 atom stereocenters. The Kier molecular flexibility index (Phi) is 4.46. The summed E-state index contributed by atoms with van der Waals surface area (Å²) in [5.41, 5.74) is 1.71. The first-order valence-electron chi connectivity index (χ1n) is 8.90. The number of nitrogens with one attached hydrogen (secondary N) is 1. The minimum absolute atomic E-state index is 0.0527. The van der Waals surface area contributed by atoms with Gasteiger partial charge in [0.2, 0.25) is 0 Å². The molecule has 1 N–H and O–H groups in total. The van der Waals surface area contributed by atoms with Crippen molar-refractivity contribution in [3.63, 3.8) is 0 Å². The number of hydrogen-bond acceptors (Lipinski definition) is 3. The van der Waals surface area contributed by atoms with E-state index in [2.05, 4.69) is 5.32 Å². The van der Waals surface area contributed by atoms with Crippen molar-refractivity contribution < 1.29 is 9.72 Å². The van der Waals surface area contributed by atoms with Gasteiger partial charge >= 0.3 is 6.03 Å².